The first-order valence-corrected chi connectivity index (χ1v) is 5.09. The van der Waals surface area contributed by atoms with E-state index in [1.165, 1.54) is 0 Å². The highest BCUT2D eigenvalue weighted by atomic mass is 16.3. The van der Waals surface area contributed by atoms with Gasteiger partial charge in [-0.25, -0.2) is 0 Å². The summed E-state index contributed by atoms with van der Waals surface area (Å²) in [7, 11) is 0. The quantitative estimate of drug-likeness (QED) is 0.721. The number of nitrogens with two attached hydrogens (primary N) is 1. The number of benzene rings is 1. The van der Waals surface area contributed by atoms with Crippen LogP contribution in [-0.4, -0.2) is 18.2 Å². The molecule has 0 aromatic heterocycles. The molecule has 1 atom stereocenters. The van der Waals surface area contributed by atoms with Crippen molar-refractivity contribution in [2.24, 2.45) is 16.0 Å². The maximum Gasteiger partial charge on any atom is 0.201 e. The van der Waals surface area contributed by atoms with Crippen LogP contribution in [0.2, 0.25) is 0 Å². The highest BCUT2D eigenvalue weighted by Crippen LogP contribution is 2.26. The molecule has 1 rings (SSSR count). The summed E-state index contributed by atoms with van der Waals surface area (Å²) in [5.41, 5.74) is 4.85. The minimum absolute atomic E-state index is 0.440. The lowest BCUT2D eigenvalue weighted by Gasteiger charge is -2.20. The van der Waals surface area contributed by atoms with Gasteiger partial charge >= 0.3 is 0 Å². The SMILES string of the molecule is CCC(O)(N=NCCN)c1ccccc1. The fourth-order valence-corrected chi connectivity index (χ4v) is 1.26. The molecule has 0 heterocycles. The van der Waals surface area contributed by atoms with Gasteiger partial charge in [0.25, 0.3) is 0 Å². The molecule has 0 aliphatic rings. The molecule has 0 amide bonds. The van der Waals surface area contributed by atoms with E-state index in [0.717, 1.165) is 5.56 Å². The Morgan fingerprint density at radius 1 is 1.33 bits per heavy atom. The zero-order chi connectivity index (χ0) is 11.1. The number of azo groups is 1. The van der Waals surface area contributed by atoms with Crippen molar-refractivity contribution in [1.82, 2.24) is 0 Å². The smallest absolute Gasteiger partial charge is 0.201 e. The first-order valence-electron chi connectivity index (χ1n) is 5.09. The molecular weight excluding hydrogens is 190 g/mol. The summed E-state index contributed by atoms with van der Waals surface area (Å²) < 4.78 is 0. The van der Waals surface area contributed by atoms with Crippen LogP contribution in [0.15, 0.2) is 40.6 Å². The van der Waals surface area contributed by atoms with Crippen molar-refractivity contribution in [2.75, 3.05) is 13.1 Å². The van der Waals surface area contributed by atoms with E-state index in [-0.39, 0.29) is 0 Å². The summed E-state index contributed by atoms with van der Waals surface area (Å²) in [6.45, 7) is 2.75. The van der Waals surface area contributed by atoms with Crippen molar-refractivity contribution in [2.45, 2.75) is 19.1 Å². The lowest BCUT2D eigenvalue weighted by molar-refractivity contribution is 0.0336. The van der Waals surface area contributed by atoms with Gasteiger partial charge in [0.05, 0.1) is 6.54 Å². The van der Waals surface area contributed by atoms with Crippen molar-refractivity contribution in [3.05, 3.63) is 35.9 Å². The molecule has 82 valence electrons. The molecule has 1 aromatic carbocycles. The van der Waals surface area contributed by atoms with Gasteiger partial charge in [0.1, 0.15) is 0 Å². The number of aliphatic hydroxyl groups is 1. The van der Waals surface area contributed by atoms with Gasteiger partial charge in [-0.05, 0) is 0 Å². The van der Waals surface area contributed by atoms with Crippen molar-refractivity contribution >= 4 is 0 Å². The molecule has 0 saturated carbocycles. The molecule has 0 saturated heterocycles. The highest BCUT2D eigenvalue weighted by molar-refractivity contribution is 5.21. The van der Waals surface area contributed by atoms with Crippen LogP contribution in [0.25, 0.3) is 0 Å². The van der Waals surface area contributed by atoms with E-state index in [4.69, 9.17) is 5.73 Å². The summed E-state index contributed by atoms with van der Waals surface area (Å²) in [6, 6.07) is 9.31. The van der Waals surface area contributed by atoms with Gasteiger partial charge in [0.2, 0.25) is 5.72 Å². The summed E-state index contributed by atoms with van der Waals surface area (Å²) in [5, 5.41) is 18.0. The zero-order valence-corrected chi connectivity index (χ0v) is 8.93. The number of hydrogen-bond acceptors (Lipinski definition) is 4. The number of hydrogen-bond donors (Lipinski definition) is 2. The largest absolute Gasteiger partial charge is 0.364 e. The molecule has 0 aliphatic heterocycles. The average Bonchev–Trinajstić information content (AvgIpc) is 2.30. The van der Waals surface area contributed by atoms with Crippen LogP contribution < -0.4 is 5.73 Å². The molecule has 0 bridgehead atoms. The second-order valence-electron chi connectivity index (χ2n) is 3.29. The molecule has 0 fully saturated rings. The molecule has 4 nitrogen and oxygen atoms in total. The first-order chi connectivity index (χ1) is 7.23. The van der Waals surface area contributed by atoms with Crippen molar-refractivity contribution in [1.29, 1.82) is 0 Å². The normalized spacial score (nSPS) is 15.4. The summed E-state index contributed by atoms with van der Waals surface area (Å²) in [5.74, 6) is 0. The number of rotatable bonds is 5. The molecule has 4 heteroatoms. The van der Waals surface area contributed by atoms with E-state index in [0.29, 0.717) is 19.5 Å². The third kappa shape index (κ3) is 3.11. The molecule has 0 aliphatic carbocycles. The van der Waals surface area contributed by atoms with Gasteiger partial charge in [-0.3, -0.25) is 0 Å². The molecule has 0 radical (unpaired) electrons. The monoisotopic (exact) mass is 207 g/mol. The topological polar surface area (TPSA) is 71.0 Å². The van der Waals surface area contributed by atoms with Crippen molar-refractivity contribution in [3.63, 3.8) is 0 Å². The predicted octanol–water partition coefficient (Wildman–Crippen LogP) is 1.65. The summed E-state index contributed by atoms with van der Waals surface area (Å²) >= 11 is 0. The predicted molar refractivity (Wildman–Crippen MR) is 59.4 cm³/mol. The van der Waals surface area contributed by atoms with E-state index in [1.807, 2.05) is 37.3 Å². The van der Waals surface area contributed by atoms with Crippen LogP contribution in [0.4, 0.5) is 0 Å². The van der Waals surface area contributed by atoms with Crippen molar-refractivity contribution < 1.29 is 5.11 Å². The lowest BCUT2D eigenvalue weighted by atomic mass is 10.0. The van der Waals surface area contributed by atoms with Gasteiger partial charge in [-0.15, -0.1) is 0 Å². The Bertz CT molecular complexity index is 313. The maximum atomic E-state index is 10.2. The Morgan fingerprint density at radius 2 is 2.00 bits per heavy atom. The summed E-state index contributed by atoms with van der Waals surface area (Å²) in [4.78, 5) is 0. The van der Waals surface area contributed by atoms with Crippen LogP contribution in [-0.2, 0) is 5.72 Å². The first kappa shape index (κ1) is 11.8. The van der Waals surface area contributed by atoms with Crippen LogP contribution in [0.1, 0.15) is 18.9 Å². The second-order valence-corrected chi connectivity index (χ2v) is 3.29. The Morgan fingerprint density at radius 3 is 2.53 bits per heavy atom. The molecule has 15 heavy (non-hydrogen) atoms. The van der Waals surface area contributed by atoms with Crippen LogP contribution >= 0.6 is 0 Å². The fourth-order valence-electron chi connectivity index (χ4n) is 1.26. The third-order valence-corrected chi connectivity index (χ3v) is 2.19. The minimum atomic E-state index is -1.21. The Balaban J connectivity index is 2.85. The zero-order valence-electron chi connectivity index (χ0n) is 8.93. The Labute approximate surface area is 89.8 Å². The van der Waals surface area contributed by atoms with E-state index in [9.17, 15) is 5.11 Å². The van der Waals surface area contributed by atoms with Crippen LogP contribution in [0.5, 0.6) is 0 Å². The van der Waals surface area contributed by atoms with Crippen molar-refractivity contribution in [3.8, 4) is 0 Å². The standard InChI is InChI=1S/C11H17N3O/c1-2-11(15,14-13-9-8-12)10-6-4-3-5-7-10/h3-7,15H,2,8-9,12H2,1H3. The van der Waals surface area contributed by atoms with Gasteiger partial charge in [0, 0.05) is 18.5 Å². The van der Waals surface area contributed by atoms with E-state index in [2.05, 4.69) is 10.2 Å². The maximum absolute atomic E-state index is 10.2. The van der Waals surface area contributed by atoms with Gasteiger partial charge in [-0.2, -0.15) is 10.2 Å². The van der Waals surface area contributed by atoms with Crippen LogP contribution in [0, 0.1) is 0 Å². The minimum Gasteiger partial charge on any atom is -0.364 e. The molecule has 1 aromatic rings. The molecule has 0 spiro atoms. The molecular formula is C11H17N3O. The number of nitrogens with zero attached hydrogens (tertiary/aromatic N) is 2. The van der Waals surface area contributed by atoms with E-state index < -0.39 is 5.72 Å². The van der Waals surface area contributed by atoms with E-state index in [1.54, 1.807) is 0 Å². The van der Waals surface area contributed by atoms with Crippen LogP contribution in [0.3, 0.4) is 0 Å². The summed E-state index contributed by atoms with van der Waals surface area (Å²) in [6.07, 6.45) is 0.491. The lowest BCUT2D eigenvalue weighted by Crippen LogP contribution is -2.21. The second kappa shape index (κ2) is 5.58. The van der Waals surface area contributed by atoms with Gasteiger partial charge in [0.15, 0.2) is 0 Å². The van der Waals surface area contributed by atoms with E-state index >= 15 is 0 Å². The molecule has 1 unspecified atom stereocenters. The van der Waals surface area contributed by atoms with Gasteiger partial charge < -0.3 is 10.8 Å². The Kier molecular flexibility index (Phi) is 4.39. The fraction of sp³-hybridized carbons (Fsp3) is 0.455. The van der Waals surface area contributed by atoms with Gasteiger partial charge in [-0.1, -0.05) is 37.3 Å². The Hall–Kier alpha value is -1.26. The average molecular weight is 207 g/mol. The highest BCUT2D eigenvalue weighted by Gasteiger charge is 2.26. The molecule has 3 N–H and O–H groups in total. The third-order valence-electron chi connectivity index (χ3n) is 2.19.